The molecule has 176 valence electrons. The van der Waals surface area contributed by atoms with Crippen molar-refractivity contribution < 1.29 is 27.4 Å². The smallest absolute Gasteiger partial charge is 0.343 e. The molecule has 34 heavy (non-hydrogen) atoms. The van der Waals surface area contributed by atoms with Crippen LogP contribution in [0.3, 0.4) is 0 Å². The van der Waals surface area contributed by atoms with Gasteiger partial charge in [-0.1, -0.05) is 18.2 Å². The predicted octanol–water partition coefficient (Wildman–Crippen LogP) is 3.50. The van der Waals surface area contributed by atoms with Crippen LogP contribution in [0.2, 0.25) is 0 Å². The fourth-order valence-electron chi connectivity index (χ4n) is 3.40. The Bertz CT molecular complexity index is 1270. The van der Waals surface area contributed by atoms with Crippen LogP contribution in [0.25, 0.3) is 12.2 Å². The molecule has 9 heteroatoms. The van der Waals surface area contributed by atoms with Gasteiger partial charge in [-0.05, 0) is 59.7 Å². The maximum Gasteiger partial charge on any atom is 0.343 e. The molecule has 0 amide bonds. The van der Waals surface area contributed by atoms with Gasteiger partial charge in [0.05, 0.1) is 30.8 Å². The van der Waals surface area contributed by atoms with Gasteiger partial charge in [0.25, 0.3) is 0 Å². The van der Waals surface area contributed by atoms with Gasteiger partial charge in [0, 0.05) is 25.5 Å². The van der Waals surface area contributed by atoms with Crippen molar-refractivity contribution in [2.45, 2.75) is 4.90 Å². The molecule has 2 aromatic carbocycles. The van der Waals surface area contributed by atoms with Crippen LogP contribution in [0.5, 0.6) is 11.5 Å². The normalized spacial score (nSPS) is 14.7. The molecule has 0 atom stereocenters. The Morgan fingerprint density at radius 1 is 0.941 bits per heavy atom. The predicted molar refractivity (Wildman–Crippen MR) is 127 cm³/mol. The van der Waals surface area contributed by atoms with Crippen molar-refractivity contribution in [3.8, 4) is 11.5 Å². The van der Waals surface area contributed by atoms with E-state index >= 15 is 0 Å². The van der Waals surface area contributed by atoms with Crippen LogP contribution >= 0.6 is 0 Å². The minimum absolute atomic E-state index is 0.119. The lowest BCUT2D eigenvalue weighted by molar-refractivity contribution is 0.0729. The summed E-state index contributed by atoms with van der Waals surface area (Å²) in [4.78, 5) is 16.8. The molecule has 8 nitrogen and oxygen atoms in total. The average Bonchev–Trinajstić information content (AvgIpc) is 2.89. The number of esters is 1. The molecule has 0 bridgehead atoms. The number of nitrogens with zero attached hydrogens (tertiary/aromatic N) is 2. The van der Waals surface area contributed by atoms with Crippen LogP contribution in [-0.4, -0.2) is 57.1 Å². The van der Waals surface area contributed by atoms with E-state index in [-0.39, 0.29) is 16.2 Å². The molecule has 0 unspecified atom stereocenters. The zero-order valence-corrected chi connectivity index (χ0v) is 19.4. The Morgan fingerprint density at radius 3 is 2.29 bits per heavy atom. The van der Waals surface area contributed by atoms with Gasteiger partial charge in [0.1, 0.15) is 0 Å². The van der Waals surface area contributed by atoms with E-state index in [1.54, 1.807) is 30.6 Å². The minimum atomic E-state index is -3.63. The average molecular weight is 481 g/mol. The van der Waals surface area contributed by atoms with Gasteiger partial charge < -0.3 is 14.2 Å². The number of ether oxygens (including phenoxy) is 3. The maximum absolute atomic E-state index is 12.7. The van der Waals surface area contributed by atoms with E-state index in [0.717, 1.165) is 11.1 Å². The monoisotopic (exact) mass is 480 g/mol. The first-order valence-electron chi connectivity index (χ1n) is 10.6. The number of carbonyl (C=O) groups is 1. The van der Waals surface area contributed by atoms with Crippen LogP contribution in [0.4, 0.5) is 0 Å². The summed E-state index contributed by atoms with van der Waals surface area (Å²) in [6.07, 6.45) is 7.28. The highest BCUT2D eigenvalue weighted by molar-refractivity contribution is 7.89. The van der Waals surface area contributed by atoms with Crippen molar-refractivity contribution in [2.24, 2.45) is 0 Å². The molecule has 0 spiro atoms. The summed E-state index contributed by atoms with van der Waals surface area (Å²) in [6.45, 7) is 1.34. The van der Waals surface area contributed by atoms with E-state index in [1.807, 2.05) is 24.3 Å². The Hall–Kier alpha value is -3.53. The van der Waals surface area contributed by atoms with Crippen molar-refractivity contribution in [1.29, 1.82) is 0 Å². The molecule has 0 aliphatic carbocycles. The lowest BCUT2D eigenvalue weighted by Crippen LogP contribution is -2.40. The summed E-state index contributed by atoms with van der Waals surface area (Å²) in [5, 5.41) is 0. The number of methoxy groups -OCH3 is 1. The topological polar surface area (TPSA) is 95.0 Å². The van der Waals surface area contributed by atoms with Gasteiger partial charge in [-0.15, -0.1) is 0 Å². The summed E-state index contributed by atoms with van der Waals surface area (Å²) in [5.41, 5.74) is 2.10. The third-order valence-corrected chi connectivity index (χ3v) is 7.18. The van der Waals surface area contributed by atoms with Crippen LogP contribution in [0.15, 0.2) is 71.9 Å². The molecular weight excluding hydrogens is 456 g/mol. The minimum Gasteiger partial charge on any atom is -0.493 e. The van der Waals surface area contributed by atoms with Gasteiger partial charge in [-0.25, -0.2) is 13.2 Å². The first-order valence-corrected chi connectivity index (χ1v) is 12.1. The van der Waals surface area contributed by atoms with Crippen molar-refractivity contribution in [1.82, 2.24) is 9.29 Å². The first kappa shape index (κ1) is 23.6. The fourth-order valence-corrected chi connectivity index (χ4v) is 4.80. The lowest BCUT2D eigenvalue weighted by atomic mass is 10.1. The molecule has 4 rings (SSSR count). The number of sulfonamides is 1. The Morgan fingerprint density at radius 2 is 1.62 bits per heavy atom. The van der Waals surface area contributed by atoms with Crippen LogP contribution in [0.1, 0.15) is 21.5 Å². The lowest BCUT2D eigenvalue weighted by Gasteiger charge is -2.26. The zero-order chi connectivity index (χ0) is 24.0. The molecule has 2 heterocycles. The van der Waals surface area contributed by atoms with Gasteiger partial charge in [0.2, 0.25) is 10.0 Å². The van der Waals surface area contributed by atoms with Crippen molar-refractivity contribution in [2.75, 3.05) is 33.4 Å². The molecule has 3 aromatic rings. The van der Waals surface area contributed by atoms with Crippen LogP contribution in [-0.2, 0) is 14.8 Å². The third-order valence-electron chi connectivity index (χ3n) is 5.26. The summed E-state index contributed by atoms with van der Waals surface area (Å²) >= 11 is 0. The zero-order valence-electron chi connectivity index (χ0n) is 18.6. The quantitative estimate of drug-likeness (QED) is 0.377. The van der Waals surface area contributed by atoms with E-state index in [1.165, 1.54) is 35.7 Å². The SMILES string of the molecule is COc1cc(/C=C/c2ccncc2)ccc1OC(=O)c1ccc(S(=O)(=O)N2CCOCC2)cc1. The summed E-state index contributed by atoms with van der Waals surface area (Å²) in [6, 6.07) is 14.7. The van der Waals surface area contributed by atoms with E-state index in [4.69, 9.17) is 14.2 Å². The van der Waals surface area contributed by atoms with Crippen LogP contribution in [0, 0.1) is 0 Å². The molecule has 0 N–H and O–H groups in total. The highest BCUT2D eigenvalue weighted by atomic mass is 32.2. The van der Waals surface area contributed by atoms with Gasteiger partial charge in [-0.3, -0.25) is 4.98 Å². The number of carbonyl (C=O) groups excluding carboxylic acids is 1. The Labute approximate surface area is 198 Å². The third kappa shape index (κ3) is 5.51. The molecule has 1 aliphatic heterocycles. The van der Waals surface area contributed by atoms with Crippen molar-refractivity contribution in [3.63, 3.8) is 0 Å². The molecular formula is C25H24N2O6S. The number of hydrogen-bond donors (Lipinski definition) is 0. The van der Waals surface area contributed by atoms with E-state index in [2.05, 4.69) is 4.98 Å². The van der Waals surface area contributed by atoms with E-state index in [0.29, 0.717) is 32.1 Å². The largest absolute Gasteiger partial charge is 0.493 e. The molecule has 1 fully saturated rings. The van der Waals surface area contributed by atoms with Gasteiger partial charge in [-0.2, -0.15) is 4.31 Å². The molecule has 1 aliphatic rings. The fraction of sp³-hybridized carbons (Fsp3) is 0.200. The number of hydrogen-bond acceptors (Lipinski definition) is 7. The molecule has 1 saturated heterocycles. The van der Waals surface area contributed by atoms with Crippen molar-refractivity contribution in [3.05, 3.63) is 83.7 Å². The number of rotatable bonds is 7. The number of aromatic nitrogens is 1. The highest BCUT2D eigenvalue weighted by Gasteiger charge is 2.26. The second kappa shape index (κ2) is 10.6. The van der Waals surface area contributed by atoms with Gasteiger partial charge in [0.15, 0.2) is 11.5 Å². The Balaban J connectivity index is 1.46. The number of morpholine rings is 1. The standard InChI is InChI=1S/C25H24N2O6S/c1-31-24-18-20(3-2-19-10-12-26-13-11-19)4-9-23(24)33-25(28)21-5-7-22(8-6-21)34(29,30)27-14-16-32-17-15-27/h2-13,18H,14-17H2,1H3/b3-2+. The first-order chi connectivity index (χ1) is 16.5. The second-order valence-electron chi connectivity index (χ2n) is 7.45. The summed E-state index contributed by atoms with van der Waals surface area (Å²) in [5.74, 6) is 0.0454. The number of benzene rings is 2. The maximum atomic E-state index is 12.7. The molecule has 0 radical (unpaired) electrons. The molecule has 1 aromatic heterocycles. The molecule has 0 saturated carbocycles. The van der Waals surface area contributed by atoms with E-state index < -0.39 is 16.0 Å². The van der Waals surface area contributed by atoms with E-state index in [9.17, 15) is 13.2 Å². The highest BCUT2D eigenvalue weighted by Crippen LogP contribution is 2.30. The van der Waals surface area contributed by atoms with Crippen molar-refractivity contribution >= 4 is 28.1 Å². The van der Waals surface area contributed by atoms with Crippen LogP contribution < -0.4 is 9.47 Å². The summed E-state index contributed by atoms with van der Waals surface area (Å²) in [7, 11) is -2.14. The number of pyridine rings is 1. The second-order valence-corrected chi connectivity index (χ2v) is 9.39. The summed E-state index contributed by atoms with van der Waals surface area (Å²) < 4.78 is 43.0. The van der Waals surface area contributed by atoms with Gasteiger partial charge >= 0.3 is 5.97 Å². The Kier molecular flexibility index (Phi) is 7.36.